The van der Waals surface area contributed by atoms with E-state index in [9.17, 15) is 14.3 Å². The summed E-state index contributed by atoms with van der Waals surface area (Å²) in [5.74, 6) is -1.62. The average molecular weight is 390 g/mol. The molecule has 0 fully saturated rings. The monoisotopic (exact) mass is 388 g/mol. The quantitative estimate of drug-likeness (QED) is 0.818. The summed E-state index contributed by atoms with van der Waals surface area (Å²) in [7, 11) is 0. The maximum absolute atomic E-state index is 15.0. The molecular weight excluding hydrogens is 383 g/mol. The zero-order valence-electron chi connectivity index (χ0n) is 9.35. The molecule has 0 aliphatic heterocycles. The molecule has 0 bridgehead atoms. The molecule has 2 heterocycles. The number of pyridine rings is 2. The number of rotatable bonds is 3. The lowest BCUT2D eigenvalue weighted by Gasteiger charge is -2.20. The Labute approximate surface area is 125 Å². The van der Waals surface area contributed by atoms with E-state index in [-0.39, 0.29) is 11.3 Å². The van der Waals surface area contributed by atoms with Crippen molar-refractivity contribution in [1.29, 1.82) is 0 Å². The summed E-state index contributed by atoms with van der Waals surface area (Å²) in [6.07, 6.45) is 2.67. The minimum absolute atomic E-state index is 0.0308. The van der Waals surface area contributed by atoms with E-state index in [1.807, 2.05) is 0 Å². The van der Waals surface area contributed by atoms with E-state index in [1.165, 1.54) is 36.7 Å². The molecule has 0 saturated heterocycles. The highest BCUT2D eigenvalue weighted by molar-refractivity contribution is 9.13. The topological polar surface area (TPSA) is 63.1 Å². The zero-order chi connectivity index (χ0) is 14.0. The third-order valence-corrected chi connectivity index (χ3v) is 4.31. The third-order valence-electron chi connectivity index (χ3n) is 2.53. The second-order valence-electron chi connectivity index (χ2n) is 3.67. The van der Waals surface area contributed by atoms with Gasteiger partial charge in [-0.1, -0.05) is 0 Å². The molecule has 1 unspecified atom stereocenters. The fraction of sp³-hybridized carbons (Fsp3) is 0.0833. The van der Waals surface area contributed by atoms with Crippen LogP contribution in [0.25, 0.3) is 0 Å². The van der Waals surface area contributed by atoms with Gasteiger partial charge in [0, 0.05) is 18.0 Å². The van der Waals surface area contributed by atoms with Crippen molar-refractivity contribution < 1.29 is 14.3 Å². The molecule has 0 spiro atoms. The summed E-state index contributed by atoms with van der Waals surface area (Å²) >= 11 is 6.33. The Kier molecular flexibility index (Phi) is 3.96. The zero-order valence-corrected chi connectivity index (χ0v) is 12.5. The summed E-state index contributed by atoms with van der Waals surface area (Å²) in [5, 5.41) is 9.24. The van der Waals surface area contributed by atoms with Crippen molar-refractivity contribution in [3.05, 3.63) is 57.0 Å². The van der Waals surface area contributed by atoms with Crippen LogP contribution in [-0.4, -0.2) is 21.0 Å². The first-order chi connectivity index (χ1) is 8.96. The molecule has 0 aromatic carbocycles. The molecule has 1 N–H and O–H groups in total. The van der Waals surface area contributed by atoms with Gasteiger partial charge in [-0.3, -0.25) is 4.98 Å². The first-order valence-electron chi connectivity index (χ1n) is 5.11. The highest BCUT2D eigenvalue weighted by Gasteiger charge is 2.44. The van der Waals surface area contributed by atoms with Gasteiger partial charge in [-0.2, -0.15) is 0 Å². The molecule has 19 heavy (non-hydrogen) atoms. The number of carboxylic acid groups (broad SMARTS) is 1. The molecule has 0 aliphatic carbocycles. The summed E-state index contributed by atoms with van der Waals surface area (Å²) in [6.45, 7) is 0. The van der Waals surface area contributed by atoms with E-state index in [1.54, 1.807) is 0 Å². The van der Waals surface area contributed by atoms with Gasteiger partial charge in [-0.25, -0.2) is 14.2 Å². The minimum Gasteiger partial charge on any atom is -0.478 e. The minimum atomic E-state index is -2.72. The Morgan fingerprint density at radius 3 is 2.37 bits per heavy atom. The number of aromatic nitrogens is 2. The molecule has 98 valence electrons. The van der Waals surface area contributed by atoms with Crippen LogP contribution in [0.15, 0.2) is 45.7 Å². The molecular formula is C12H7Br2FN2O2. The Balaban J connectivity index is 2.63. The first-order valence-corrected chi connectivity index (χ1v) is 6.70. The van der Waals surface area contributed by atoms with Crippen molar-refractivity contribution >= 4 is 37.8 Å². The number of carbonyl (C=O) groups is 1. The van der Waals surface area contributed by atoms with Crippen LogP contribution in [0.2, 0.25) is 0 Å². The largest absolute Gasteiger partial charge is 0.478 e. The van der Waals surface area contributed by atoms with Gasteiger partial charge >= 0.3 is 5.97 Å². The lowest BCUT2D eigenvalue weighted by Crippen LogP contribution is -2.33. The fourth-order valence-electron chi connectivity index (χ4n) is 1.57. The summed E-state index contributed by atoms with van der Waals surface area (Å²) < 4.78 is 15.9. The first kappa shape index (κ1) is 14.1. The maximum atomic E-state index is 15.0. The van der Waals surface area contributed by atoms with Gasteiger partial charge in [0.2, 0.25) is 0 Å². The van der Waals surface area contributed by atoms with Crippen LogP contribution in [0.4, 0.5) is 4.39 Å². The Morgan fingerprint density at radius 1 is 1.21 bits per heavy atom. The molecule has 2 aromatic heterocycles. The van der Waals surface area contributed by atoms with E-state index in [4.69, 9.17) is 0 Å². The van der Waals surface area contributed by atoms with E-state index in [0.29, 0.717) is 9.08 Å². The van der Waals surface area contributed by atoms with Crippen LogP contribution in [0, 0.1) is 0 Å². The normalized spacial score (nSPS) is 13.8. The van der Waals surface area contributed by atoms with Crippen molar-refractivity contribution in [3.8, 4) is 0 Å². The summed E-state index contributed by atoms with van der Waals surface area (Å²) in [6, 6.07) is 5.48. The molecule has 7 heteroatoms. The predicted molar refractivity (Wildman–Crippen MR) is 73.4 cm³/mol. The van der Waals surface area contributed by atoms with Crippen LogP contribution >= 0.6 is 31.9 Å². The van der Waals surface area contributed by atoms with Crippen LogP contribution in [0.1, 0.15) is 11.3 Å². The van der Waals surface area contributed by atoms with Crippen molar-refractivity contribution in [2.45, 2.75) is 5.67 Å². The van der Waals surface area contributed by atoms with Crippen LogP contribution in [0.5, 0.6) is 0 Å². The van der Waals surface area contributed by atoms with Gasteiger partial charge in [0.25, 0.3) is 5.67 Å². The Hall–Kier alpha value is -1.34. The van der Waals surface area contributed by atoms with E-state index in [0.717, 1.165) is 0 Å². The second kappa shape index (κ2) is 5.34. The fourth-order valence-corrected chi connectivity index (χ4v) is 2.12. The Bertz CT molecular complexity index is 624. The van der Waals surface area contributed by atoms with Crippen molar-refractivity contribution in [1.82, 2.24) is 9.97 Å². The van der Waals surface area contributed by atoms with Crippen LogP contribution in [-0.2, 0) is 10.5 Å². The molecule has 1 atom stereocenters. The van der Waals surface area contributed by atoms with E-state index < -0.39 is 11.6 Å². The smallest absolute Gasteiger partial charge is 0.352 e. The van der Waals surface area contributed by atoms with E-state index in [2.05, 4.69) is 41.8 Å². The van der Waals surface area contributed by atoms with Crippen LogP contribution in [0.3, 0.4) is 0 Å². The Morgan fingerprint density at radius 2 is 1.84 bits per heavy atom. The molecule has 0 aliphatic rings. The SMILES string of the molecule is O=C(O)C(F)(c1ccncc1)c1ccc(Br)c(Br)n1. The maximum Gasteiger partial charge on any atom is 0.352 e. The number of carboxylic acids is 1. The molecule has 0 amide bonds. The summed E-state index contributed by atoms with van der Waals surface area (Å²) in [5.41, 5.74) is -2.95. The van der Waals surface area contributed by atoms with Crippen molar-refractivity contribution in [3.63, 3.8) is 0 Å². The van der Waals surface area contributed by atoms with Crippen molar-refractivity contribution in [2.24, 2.45) is 0 Å². The number of alkyl halides is 1. The number of hydrogen-bond donors (Lipinski definition) is 1. The number of halogens is 3. The molecule has 2 aromatic rings. The lowest BCUT2D eigenvalue weighted by molar-refractivity contribution is -0.148. The third kappa shape index (κ3) is 2.52. The van der Waals surface area contributed by atoms with Gasteiger partial charge in [0.1, 0.15) is 4.60 Å². The molecule has 2 rings (SSSR count). The van der Waals surface area contributed by atoms with E-state index >= 15 is 0 Å². The average Bonchev–Trinajstić information content (AvgIpc) is 2.41. The van der Waals surface area contributed by atoms with Gasteiger partial charge in [-0.15, -0.1) is 0 Å². The molecule has 4 nitrogen and oxygen atoms in total. The summed E-state index contributed by atoms with van der Waals surface area (Å²) in [4.78, 5) is 19.0. The molecule has 0 saturated carbocycles. The highest BCUT2D eigenvalue weighted by Crippen LogP contribution is 2.35. The predicted octanol–water partition coefficient (Wildman–Crippen LogP) is 3.30. The number of hydrogen-bond acceptors (Lipinski definition) is 3. The van der Waals surface area contributed by atoms with Gasteiger partial charge < -0.3 is 5.11 Å². The van der Waals surface area contributed by atoms with Gasteiger partial charge in [0.05, 0.1) is 10.2 Å². The number of nitrogens with zero attached hydrogens (tertiary/aromatic N) is 2. The highest BCUT2D eigenvalue weighted by atomic mass is 79.9. The standard InChI is InChI=1S/C12H7Br2FN2O2/c13-8-1-2-9(17-10(8)14)12(15,11(18)19)7-3-5-16-6-4-7/h1-6H,(H,18,19). The molecule has 0 radical (unpaired) electrons. The lowest BCUT2D eigenvalue weighted by atomic mass is 9.93. The van der Waals surface area contributed by atoms with Gasteiger partial charge in [0.15, 0.2) is 0 Å². The van der Waals surface area contributed by atoms with Crippen molar-refractivity contribution in [2.75, 3.05) is 0 Å². The van der Waals surface area contributed by atoms with Crippen LogP contribution < -0.4 is 0 Å². The number of aliphatic carboxylic acids is 1. The van der Waals surface area contributed by atoms with Gasteiger partial charge in [-0.05, 0) is 56.1 Å². The second-order valence-corrected chi connectivity index (χ2v) is 5.27.